The van der Waals surface area contributed by atoms with Gasteiger partial charge in [0.25, 0.3) is 0 Å². The molecular formula is C20H34N4O. The van der Waals surface area contributed by atoms with Crippen molar-refractivity contribution >= 4 is 5.96 Å². The molecule has 2 N–H and O–H groups in total. The molecule has 0 atom stereocenters. The topological polar surface area (TPSA) is 58.5 Å². The van der Waals surface area contributed by atoms with Crippen LogP contribution in [0.1, 0.15) is 50.2 Å². The molecule has 0 spiro atoms. The number of guanidine groups is 1. The summed E-state index contributed by atoms with van der Waals surface area (Å²) in [5, 5.41) is 6.99. The molecule has 0 unspecified atom stereocenters. The van der Waals surface area contributed by atoms with Crippen molar-refractivity contribution in [1.29, 1.82) is 0 Å². The van der Waals surface area contributed by atoms with Gasteiger partial charge in [-0.25, -0.2) is 0 Å². The van der Waals surface area contributed by atoms with Crippen molar-refractivity contribution in [3.63, 3.8) is 0 Å². The molecule has 0 amide bonds. The Labute approximate surface area is 152 Å². The zero-order valence-electron chi connectivity index (χ0n) is 16.1. The van der Waals surface area contributed by atoms with Crippen LogP contribution >= 0.6 is 0 Å². The van der Waals surface area contributed by atoms with Crippen LogP contribution in [-0.4, -0.2) is 44.3 Å². The van der Waals surface area contributed by atoms with E-state index in [2.05, 4.69) is 40.5 Å². The molecule has 0 saturated heterocycles. The van der Waals surface area contributed by atoms with E-state index < -0.39 is 0 Å². The van der Waals surface area contributed by atoms with Gasteiger partial charge in [0.1, 0.15) is 0 Å². The third-order valence-corrected chi connectivity index (χ3v) is 5.32. The van der Waals surface area contributed by atoms with E-state index in [0.717, 1.165) is 45.1 Å². The smallest absolute Gasteiger partial charge is 0.191 e. The Morgan fingerprint density at radius 3 is 2.80 bits per heavy atom. The van der Waals surface area contributed by atoms with Crippen molar-refractivity contribution in [2.24, 2.45) is 10.4 Å². The Morgan fingerprint density at radius 1 is 1.32 bits per heavy atom. The van der Waals surface area contributed by atoms with Crippen LogP contribution in [0.25, 0.3) is 0 Å². The molecule has 140 valence electrons. The predicted octanol–water partition coefficient (Wildman–Crippen LogP) is 3.08. The highest BCUT2D eigenvalue weighted by molar-refractivity contribution is 5.79. The summed E-state index contributed by atoms with van der Waals surface area (Å²) in [5.74, 6) is 0.898. The standard InChI is InChI=1S/C20H34N4O/c1-4-25-14-11-20(9-5-6-10-20)16-24-19(21-3)23-13-8-18-7-12-22-15-17(18)2/h7,12,15H,4-6,8-11,13-14,16H2,1-3H3,(H2,21,23,24). The Kier molecular flexibility index (Phi) is 8.19. The summed E-state index contributed by atoms with van der Waals surface area (Å²) in [4.78, 5) is 8.53. The fraction of sp³-hybridized carbons (Fsp3) is 0.700. The van der Waals surface area contributed by atoms with E-state index in [4.69, 9.17) is 4.74 Å². The number of rotatable bonds is 9. The number of aromatic nitrogens is 1. The number of aryl methyl sites for hydroxylation is 1. The molecule has 1 aromatic rings. The first-order valence-electron chi connectivity index (χ1n) is 9.61. The maximum Gasteiger partial charge on any atom is 0.191 e. The number of nitrogens with zero attached hydrogens (tertiary/aromatic N) is 2. The summed E-state index contributed by atoms with van der Waals surface area (Å²) < 4.78 is 5.60. The predicted molar refractivity (Wildman–Crippen MR) is 104 cm³/mol. The second-order valence-corrected chi connectivity index (χ2v) is 7.06. The van der Waals surface area contributed by atoms with Crippen LogP contribution < -0.4 is 10.6 Å². The van der Waals surface area contributed by atoms with Crippen molar-refractivity contribution in [3.05, 3.63) is 29.6 Å². The first kappa shape index (κ1) is 19.7. The van der Waals surface area contributed by atoms with E-state index in [-0.39, 0.29) is 0 Å². The molecule has 25 heavy (non-hydrogen) atoms. The molecule has 0 radical (unpaired) electrons. The van der Waals surface area contributed by atoms with Crippen LogP contribution in [0.3, 0.4) is 0 Å². The first-order valence-corrected chi connectivity index (χ1v) is 9.61. The number of nitrogens with one attached hydrogen (secondary N) is 2. The minimum absolute atomic E-state index is 0.370. The summed E-state index contributed by atoms with van der Waals surface area (Å²) in [6, 6.07) is 2.09. The Bertz CT molecular complexity index is 538. The van der Waals surface area contributed by atoms with Crippen molar-refractivity contribution in [2.75, 3.05) is 33.4 Å². The SMILES string of the molecule is CCOCCC1(CNC(=NC)NCCc2ccncc2C)CCCC1. The first-order chi connectivity index (χ1) is 12.2. The molecule has 1 aliphatic carbocycles. The highest BCUT2D eigenvalue weighted by Gasteiger charge is 2.33. The minimum Gasteiger partial charge on any atom is -0.382 e. The fourth-order valence-electron chi connectivity index (χ4n) is 3.66. The van der Waals surface area contributed by atoms with Gasteiger partial charge in [0.05, 0.1) is 0 Å². The molecule has 2 rings (SSSR count). The fourth-order valence-corrected chi connectivity index (χ4v) is 3.66. The van der Waals surface area contributed by atoms with Crippen LogP contribution in [0.5, 0.6) is 0 Å². The average molecular weight is 347 g/mol. The van der Waals surface area contributed by atoms with Crippen molar-refractivity contribution < 1.29 is 4.74 Å². The maximum absolute atomic E-state index is 5.60. The molecule has 0 aliphatic heterocycles. The highest BCUT2D eigenvalue weighted by atomic mass is 16.5. The van der Waals surface area contributed by atoms with Crippen molar-refractivity contribution in [2.45, 2.75) is 52.4 Å². The Morgan fingerprint density at radius 2 is 2.12 bits per heavy atom. The van der Waals surface area contributed by atoms with Gasteiger partial charge in [0.2, 0.25) is 0 Å². The van der Waals surface area contributed by atoms with Gasteiger partial charge in [0, 0.05) is 45.7 Å². The summed E-state index contributed by atoms with van der Waals surface area (Å²) >= 11 is 0. The van der Waals surface area contributed by atoms with Crippen molar-refractivity contribution in [3.8, 4) is 0 Å². The van der Waals surface area contributed by atoms with Crippen molar-refractivity contribution in [1.82, 2.24) is 15.6 Å². The lowest BCUT2D eigenvalue weighted by Crippen LogP contribution is -2.44. The van der Waals surface area contributed by atoms with Crippen LogP contribution in [0.2, 0.25) is 0 Å². The lowest BCUT2D eigenvalue weighted by molar-refractivity contribution is 0.105. The number of hydrogen-bond acceptors (Lipinski definition) is 3. The maximum atomic E-state index is 5.60. The molecule has 5 heteroatoms. The summed E-state index contributed by atoms with van der Waals surface area (Å²) in [6.07, 6.45) is 11.1. The molecule has 1 saturated carbocycles. The van der Waals surface area contributed by atoms with Crippen LogP contribution in [0.15, 0.2) is 23.5 Å². The molecule has 1 fully saturated rings. The quantitative estimate of drug-likeness (QED) is 0.410. The normalized spacial score (nSPS) is 16.8. The zero-order chi connectivity index (χ0) is 18.0. The van der Waals surface area contributed by atoms with E-state index in [1.807, 2.05) is 19.4 Å². The van der Waals surface area contributed by atoms with Gasteiger partial charge in [-0.05, 0) is 62.1 Å². The third-order valence-electron chi connectivity index (χ3n) is 5.32. The Hall–Kier alpha value is -1.62. The van der Waals surface area contributed by atoms with Crippen LogP contribution in [-0.2, 0) is 11.2 Å². The molecule has 0 aromatic carbocycles. The van der Waals surface area contributed by atoms with Crippen LogP contribution in [0, 0.1) is 12.3 Å². The molecule has 1 aromatic heterocycles. The van der Waals surface area contributed by atoms with Gasteiger partial charge in [0.15, 0.2) is 5.96 Å². The van der Waals surface area contributed by atoms with E-state index in [0.29, 0.717) is 5.41 Å². The van der Waals surface area contributed by atoms with Gasteiger partial charge in [-0.3, -0.25) is 9.98 Å². The summed E-state index contributed by atoms with van der Waals surface area (Å²) in [6.45, 7) is 7.70. The average Bonchev–Trinajstić information content (AvgIpc) is 3.09. The second-order valence-electron chi connectivity index (χ2n) is 7.06. The summed E-state index contributed by atoms with van der Waals surface area (Å²) in [7, 11) is 1.84. The molecular weight excluding hydrogens is 312 g/mol. The molecule has 5 nitrogen and oxygen atoms in total. The second kappa shape index (κ2) is 10.4. The molecule has 0 bridgehead atoms. The zero-order valence-corrected chi connectivity index (χ0v) is 16.1. The van der Waals surface area contributed by atoms with E-state index >= 15 is 0 Å². The monoisotopic (exact) mass is 346 g/mol. The number of pyridine rings is 1. The number of ether oxygens (including phenoxy) is 1. The molecule has 1 aliphatic rings. The van der Waals surface area contributed by atoms with Gasteiger partial charge in [-0.15, -0.1) is 0 Å². The Balaban J connectivity index is 1.77. The molecule has 1 heterocycles. The van der Waals surface area contributed by atoms with E-state index in [1.165, 1.54) is 36.8 Å². The van der Waals surface area contributed by atoms with E-state index in [9.17, 15) is 0 Å². The van der Waals surface area contributed by atoms with Gasteiger partial charge < -0.3 is 15.4 Å². The minimum atomic E-state index is 0.370. The van der Waals surface area contributed by atoms with E-state index in [1.54, 1.807) is 0 Å². The highest BCUT2D eigenvalue weighted by Crippen LogP contribution is 2.40. The number of hydrogen-bond donors (Lipinski definition) is 2. The lowest BCUT2D eigenvalue weighted by atomic mass is 9.83. The number of aliphatic imine (C=N–C) groups is 1. The third kappa shape index (κ3) is 6.31. The van der Waals surface area contributed by atoms with Crippen LogP contribution in [0.4, 0.5) is 0 Å². The summed E-state index contributed by atoms with van der Waals surface area (Å²) in [5.41, 5.74) is 2.95. The van der Waals surface area contributed by atoms with Gasteiger partial charge in [-0.2, -0.15) is 0 Å². The van der Waals surface area contributed by atoms with Gasteiger partial charge >= 0.3 is 0 Å². The lowest BCUT2D eigenvalue weighted by Gasteiger charge is -2.30. The largest absolute Gasteiger partial charge is 0.382 e. The van der Waals surface area contributed by atoms with Gasteiger partial charge in [-0.1, -0.05) is 12.8 Å².